The number of hydrogen-bond donors (Lipinski definition) is 1. The zero-order valence-corrected chi connectivity index (χ0v) is 18.1. The first-order valence-corrected chi connectivity index (χ1v) is 11.4. The smallest absolute Gasteiger partial charge is 0.251 e. The van der Waals surface area contributed by atoms with Gasteiger partial charge >= 0.3 is 0 Å². The minimum Gasteiger partial charge on any atom is -0.497 e. The fourth-order valence-corrected chi connectivity index (χ4v) is 5.36. The standard InChI is InChI=1S/C21H25ClN2O4S/c1-15(16-6-9-18(28-2)10-7-16)23-21(25)17-8-11-19(22)20(14-17)29(26,27)24-12-4-3-5-13-24/h6-11,14-15H,3-5,12-13H2,1-2H3,(H,23,25)/t15-/m1/s1. The highest BCUT2D eigenvalue weighted by Gasteiger charge is 2.29. The Morgan fingerprint density at radius 3 is 2.38 bits per heavy atom. The summed E-state index contributed by atoms with van der Waals surface area (Å²) in [4.78, 5) is 12.7. The molecule has 156 valence electrons. The SMILES string of the molecule is COc1ccc([C@@H](C)NC(=O)c2ccc(Cl)c(S(=O)(=O)N3CCCCC3)c2)cc1. The van der Waals surface area contributed by atoms with Crippen LogP contribution < -0.4 is 10.1 Å². The van der Waals surface area contributed by atoms with Gasteiger partial charge in [-0.3, -0.25) is 4.79 Å². The predicted octanol–water partition coefficient (Wildman–Crippen LogP) is 4.01. The van der Waals surface area contributed by atoms with E-state index in [0.717, 1.165) is 30.6 Å². The van der Waals surface area contributed by atoms with Crippen LogP contribution in [-0.4, -0.2) is 38.8 Å². The minimum absolute atomic E-state index is 0.0224. The topological polar surface area (TPSA) is 75.7 Å². The van der Waals surface area contributed by atoms with Crippen molar-refractivity contribution in [1.29, 1.82) is 0 Å². The van der Waals surface area contributed by atoms with Crippen molar-refractivity contribution in [3.63, 3.8) is 0 Å². The lowest BCUT2D eigenvalue weighted by Gasteiger charge is -2.26. The number of rotatable bonds is 6. The number of amides is 1. The molecular weight excluding hydrogens is 412 g/mol. The maximum Gasteiger partial charge on any atom is 0.251 e. The van der Waals surface area contributed by atoms with Gasteiger partial charge in [0.2, 0.25) is 10.0 Å². The molecule has 1 aliphatic rings. The molecule has 1 aliphatic heterocycles. The van der Waals surface area contributed by atoms with E-state index in [0.29, 0.717) is 13.1 Å². The summed E-state index contributed by atoms with van der Waals surface area (Å²) >= 11 is 6.19. The van der Waals surface area contributed by atoms with Crippen LogP contribution in [0.4, 0.5) is 0 Å². The second-order valence-corrected chi connectivity index (χ2v) is 9.39. The van der Waals surface area contributed by atoms with Gasteiger partial charge in [0.25, 0.3) is 5.91 Å². The van der Waals surface area contributed by atoms with E-state index < -0.39 is 10.0 Å². The van der Waals surface area contributed by atoms with Crippen LogP contribution in [0.3, 0.4) is 0 Å². The molecule has 0 aliphatic carbocycles. The maximum atomic E-state index is 13.0. The Morgan fingerprint density at radius 2 is 1.76 bits per heavy atom. The van der Waals surface area contributed by atoms with Gasteiger partial charge in [-0.2, -0.15) is 4.31 Å². The van der Waals surface area contributed by atoms with Crippen LogP contribution in [0.5, 0.6) is 5.75 Å². The number of halogens is 1. The van der Waals surface area contributed by atoms with Crippen LogP contribution >= 0.6 is 11.6 Å². The highest BCUT2D eigenvalue weighted by Crippen LogP contribution is 2.28. The van der Waals surface area contributed by atoms with Gasteiger partial charge < -0.3 is 10.1 Å². The van der Waals surface area contributed by atoms with Gasteiger partial charge in [0.15, 0.2) is 0 Å². The van der Waals surface area contributed by atoms with Crippen molar-refractivity contribution in [3.05, 3.63) is 58.6 Å². The summed E-state index contributed by atoms with van der Waals surface area (Å²) in [5.74, 6) is 0.373. The third-order valence-electron chi connectivity index (χ3n) is 5.09. The molecule has 6 nitrogen and oxygen atoms in total. The van der Waals surface area contributed by atoms with Crippen LogP contribution in [0.1, 0.15) is 48.1 Å². The first-order chi connectivity index (χ1) is 13.8. The average Bonchev–Trinajstić information content (AvgIpc) is 2.74. The highest BCUT2D eigenvalue weighted by atomic mass is 35.5. The molecule has 0 saturated carbocycles. The summed E-state index contributed by atoms with van der Waals surface area (Å²) in [5, 5.41) is 3.02. The van der Waals surface area contributed by atoms with E-state index in [4.69, 9.17) is 16.3 Å². The summed E-state index contributed by atoms with van der Waals surface area (Å²) in [6.45, 7) is 2.81. The van der Waals surface area contributed by atoms with Crippen LogP contribution in [-0.2, 0) is 10.0 Å². The Kier molecular flexibility index (Phi) is 6.82. The second kappa shape index (κ2) is 9.15. The van der Waals surface area contributed by atoms with E-state index in [1.54, 1.807) is 7.11 Å². The third-order valence-corrected chi connectivity index (χ3v) is 7.47. The Bertz CT molecular complexity index is 971. The molecule has 0 radical (unpaired) electrons. The number of carbonyl (C=O) groups excluding carboxylic acids is 1. The molecule has 1 amide bonds. The lowest BCUT2D eigenvalue weighted by molar-refractivity contribution is 0.0939. The number of carbonyl (C=O) groups is 1. The van der Waals surface area contributed by atoms with Crippen molar-refractivity contribution in [2.75, 3.05) is 20.2 Å². The van der Waals surface area contributed by atoms with E-state index >= 15 is 0 Å². The Labute approximate surface area is 176 Å². The molecule has 3 rings (SSSR count). The Morgan fingerprint density at radius 1 is 1.10 bits per heavy atom. The molecule has 0 bridgehead atoms. The number of piperidine rings is 1. The summed E-state index contributed by atoms with van der Waals surface area (Å²) in [5.41, 5.74) is 1.17. The average molecular weight is 437 g/mol. The Balaban J connectivity index is 1.79. The van der Waals surface area contributed by atoms with Crippen molar-refractivity contribution < 1.29 is 17.9 Å². The number of sulfonamides is 1. The first kappa shape index (κ1) is 21.6. The van der Waals surface area contributed by atoms with Gasteiger partial charge in [0.1, 0.15) is 10.6 Å². The van der Waals surface area contributed by atoms with E-state index in [2.05, 4.69) is 5.32 Å². The molecule has 1 fully saturated rings. The van der Waals surface area contributed by atoms with Crippen molar-refractivity contribution in [2.24, 2.45) is 0 Å². The zero-order chi connectivity index (χ0) is 21.0. The van der Waals surface area contributed by atoms with Gasteiger partial charge in [-0.05, 0) is 55.7 Å². The number of ether oxygens (including phenoxy) is 1. The fraction of sp³-hybridized carbons (Fsp3) is 0.381. The minimum atomic E-state index is -3.73. The first-order valence-electron chi connectivity index (χ1n) is 9.57. The number of methoxy groups -OCH3 is 1. The molecule has 1 saturated heterocycles. The largest absolute Gasteiger partial charge is 0.497 e. The van der Waals surface area contributed by atoms with E-state index in [1.807, 2.05) is 31.2 Å². The van der Waals surface area contributed by atoms with E-state index in [1.165, 1.54) is 22.5 Å². The molecule has 1 N–H and O–H groups in total. The van der Waals surface area contributed by atoms with Crippen molar-refractivity contribution >= 4 is 27.5 Å². The highest BCUT2D eigenvalue weighted by molar-refractivity contribution is 7.89. The quantitative estimate of drug-likeness (QED) is 0.742. The van der Waals surface area contributed by atoms with Gasteiger partial charge in [-0.25, -0.2) is 8.42 Å². The number of nitrogens with one attached hydrogen (secondary N) is 1. The second-order valence-electron chi connectivity index (χ2n) is 7.08. The van der Waals surface area contributed by atoms with Gasteiger partial charge in [0, 0.05) is 18.7 Å². The zero-order valence-electron chi connectivity index (χ0n) is 16.5. The molecule has 29 heavy (non-hydrogen) atoms. The van der Waals surface area contributed by atoms with Crippen LogP contribution in [0.25, 0.3) is 0 Å². The normalized spacial score (nSPS) is 16.2. The molecule has 2 aromatic rings. The van der Waals surface area contributed by atoms with E-state index in [-0.39, 0.29) is 27.4 Å². The summed E-state index contributed by atoms with van der Waals surface area (Å²) in [6, 6.07) is 11.5. The third kappa shape index (κ3) is 4.91. The van der Waals surface area contributed by atoms with Gasteiger partial charge in [0.05, 0.1) is 18.2 Å². The lowest BCUT2D eigenvalue weighted by atomic mass is 10.1. The van der Waals surface area contributed by atoms with Crippen LogP contribution in [0, 0.1) is 0 Å². The molecule has 0 spiro atoms. The van der Waals surface area contributed by atoms with Crippen LogP contribution in [0.15, 0.2) is 47.4 Å². The Hall–Kier alpha value is -2.09. The van der Waals surface area contributed by atoms with Crippen molar-refractivity contribution in [1.82, 2.24) is 9.62 Å². The van der Waals surface area contributed by atoms with Gasteiger partial charge in [-0.15, -0.1) is 0 Å². The molecule has 1 heterocycles. The lowest BCUT2D eigenvalue weighted by Crippen LogP contribution is -2.36. The van der Waals surface area contributed by atoms with Crippen LogP contribution in [0.2, 0.25) is 5.02 Å². The molecule has 0 aromatic heterocycles. The fourth-order valence-electron chi connectivity index (χ4n) is 3.34. The predicted molar refractivity (Wildman–Crippen MR) is 113 cm³/mol. The number of hydrogen-bond acceptors (Lipinski definition) is 4. The summed E-state index contributed by atoms with van der Waals surface area (Å²) < 4.78 is 32.6. The summed E-state index contributed by atoms with van der Waals surface area (Å²) in [7, 11) is -2.14. The number of nitrogens with zero attached hydrogens (tertiary/aromatic N) is 1. The van der Waals surface area contributed by atoms with Crippen molar-refractivity contribution in [2.45, 2.75) is 37.1 Å². The summed E-state index contributed by atoms with van der Waals surface area (Å²) in [6.07, 6.45) is 2.68. The molecule has 8 heteroatoms. The molecule has 2 aromatic carbocycles. The maximum absolute atomic E-state index is 13.0. The monoisotopic (exact) mass is 436 g/mol. The molecular formula is C21H25ClN2O4S. The molecule has 0 unspecified atom stereocenters. The van der Waals surface area contributed by atoms with Gasteiger partial charge in [-0.1, -0.05) is 30.2 Å². The van der Waals surface area contributed by atoms with E-state index in [9.17, 15) is 13.2 Å². The molecule has 1 atom stereocenters. The van der Waals surface area contributed by atoms with Crippen molar-refractivity contribution in [3.8, 4) is 5.75 Å². The number of benzene rings is 2.